The molecule has 0 radical (unpaired) electrons. The van der Waals surface area contributed by atoms with Crippen molar-refractivity contribution in [2.75, 3.05) is 18.4 Å². The van der Waals surface area contributed by atoms with Gasteiger partial charge in [0.25, 0.3) is 5.91 Å². The van der Waals surface area contributed by atoms with Crippen molar-refractivity contribution in [1.82, 2.24) is 9.88 Å². The van der Waals surface area contributed by atoms with Crippen molar-refractivity contribution in [3.8, 4) is 0 Å². The average molecular weight is 263 g/mol. The van der Waals surface area contributed by atoms with Gasteiger partial charge < -0.3 is 10.2 Å². The zero-order valence-corrected chi connectivity index (χ0v) is 12.6. The van der Waals surface area contributed by atoms with Gasteiger partial charge in [-0.05, 0) is 32.8 Å². The number of amides is 1. The quantitative estimate of drug-likeness (QED) is 0.858. The van der Waals surface area contributed by atoms with E-state index in [9.17, 15) is 4.79 Å². The molecule has 4 heteroatoms. The molecule has 1 aromatic rings. The largest absolute Gasteiger partial charge is 0.383 e. The lowest BCUT2D eigenvalue weighted by Gasteiger charge is -2.29. The molecule has 0 spiro atoms. The van der Waals surface area contributed by atoms with Crippen LogP contribution in [0, 0.1) is 5.92 Å². The molecular weight excluding hydrogens is 238 g/mol. The highest BCUT2D eigenvalue weighted by Gasteiger charge is 2.21. The summed E-state index contributed by atoms with van der Waals surface area (Å²) in [5.41, 5.74) is 1.51. The summed E-state index contributed by atoms with van der Waals surface area (Å²) in [6, 6.07) is 1.98. The number of pyridine rings is 1. The first kappa shape index (κ1) is 15.5. The van der Waals surface area contributed by atoms with Gasteiger partial charge in [-0.3, -0.25) is 9.78 Å². The Labute approximate surface area is 116 Å². The van der Waals surface area contributed by atoms with Crippen LogP contribution in [0.2, 0.25) is 0 Å². The summed E-state index contributed by atoms with van der Waals surface area (Å²) >= 11 is 0. The highest BCUT2D eigenvalue weighted by atomic mass is 16.2. The first-order valence-corrected chi connectivity index (χ1v) is 6.96. The molecular formula is C15H25N3O. The van der Waals surface area contributed by atoms with E-state index in [0.717, 1.165) is 18.8 Å². The Bertz CT molecular complexity index is 416. The van der Waals surface area contributed by atoms with Gasteiger partial charge in [0.2, 0.25) is 0 Å². The van der Waals surface area contributed by atoms with E-state index >= 15 is 0 Å². The van der Waals surface area contributed by atoms with E-state index in [-0.39, 0.29) is 11.9 Å². The van der Waals surface area contributed by atoms with Crippen LogP contribution < -0.4 is 5.32 Å². The lowest BCUT2D eigenvalue weighted by atomic mass is 10.1. The molecule has 0 aliphatic carbocycles. The number of carbonyl (C=O) groups is 1. The Hall–Kier alpha value is -1.58. The van der Waals surface area contributed by atoms with E-state index in [1.54, 1.807) is 18.5 Å². The van der Waals surface area contributed by atoms with Gasteiger partial charge in [-0.25, -0.2) is 0 Å². The minimum Gasteiger partial charge on any atom is -0.383 e. The predicted molar refractivity (Wildman–Crippen MR) is 79.4 cm³/mol. The van der Waals surface area contributed by atoms with Gasteiger partial charge in [-0.15, -0.1) is 0 Å². The van der Waals surface area contributed by atoms with Gasteiger partial charge in [0.1, 0.15) is 0 Å². The van der Waals surface area contributed by atoms with Crippen LogP contribution in [-0.2, 0) is 0 Å². The molecule has 0 fully saturated rings. The van der Waals surface area contributed by atoms with Gasteiger partial charge >= 0.3 is 0 Å². The molecule has 0 aromatic carbocycles. The molecule has 106 valence electrons. The van der Waals surface area contributed by atoms with Crippen molar-refractivity contribution in [1.29, 1.82) is 0 Å². The van der Waals surface area contributed by atoms with E-state index in [2.05, 4.69) is 24.1 Å². The van der Waals surface area contributed by atoms with E-state index in [1.807, 2.05) is 25.7 Å². The fourth-order valence-corrected chi connectivity index (χ4v) is 1.99. The van der Waals surface area contributed by atoms with E-state index < -0.39 is 0 Å². The third-order valence-corrected chi connectivity index (χ3v) is 2.86. The molecule has 1 rings (SSSR count). The molecule has 0 bridgehead atoms. The summed E-state index contributed by atoms with van der Waals surface area (Å²) in [7, 11) is 0. The number of nitrogens with one attached hydrogen (secondary N) is 1. The van der Waals surface area contributed by atoms with Gasteiger partial charge in [0.15, 0.2) is 0 Å². The number of rotatable bonds is 6. The van der Waals surface area contributed by atoms with E-state index in [1.165, 1.54) is 0 Å². The number of hydrogen-bond donors (Lipinski definition) is 1. The van der Waals surface area contributed by atoms with Crippen molar-refractivity contribution >= 4 is 11.6 Å². The van der Waals surface area contributed by atoms with Gasteiger partial charge in [-0.1, -0.05) is 13.8 Å². The monoisotopic (exact) mass is 263 g/mol. The molecule has 0 saturated heterocycles. The summed E-state index contributed by atoms with van der Waals surface area (Å²) in [6.45, 7) is 11.9. The van der Waals surface area contributed by atoms with Crippen molar-refractivity contribution in [2.45, 2.75) is 40.7 Å². The molecule has 19 heavy (non-hydrogen) atoms. The number of anilines is 1. The maximum Gasteiger partial charge on any atom is 0.256 e. The smallest absolute Gasteiger partial charge is 0.256 e. The number of nitrogens with zero attached hydrogens (tertiary/aromatic N) is 2. The molecule has 0 aliphatic heterocycles. The average Bonchev–Trinajstić information content (AvgIpc) is 2.36. The van der Waals surface area contributed by atoms with Crippen LogP contribution in [0.4, 0.5) is 5.69 Å². The molecule has 1 aromatic heterocycles. The first-order chi connectivity index (χ1) is 8.97. The van der Waals surface area contributed by atoms with Crippen molar-refractivity contribution in [3.63, 3.8) is 0 Å². The lowest BCUT2D eigenvalue weighted by Crippen LogP contribution is -2.39. The molecule has 1 heterocycles. The van der Waals surface area contributed by atoms with Crippen molar-refractivity contribution in [2.24, 2.45) is 5.92 Å². The normalized spacial score (nSPS) is 10.9. The van der Waals surface area contributed by atoms with Crippen LogP contribution in [0.1, 0.15) is 45.0 Å². The van der Waals surface area contributed by atoms with Crippen LogP contribution in [0.25, 0.3) is 0 Å². The minimum atomic E-state index is 0.0713. The Kier molecular flexibility index (Phi) is 5.80. The Morgan fingerprint density at radius 3 is 2.58 bits per heavy atom. The van der Waals surface area contributed by atoms with Crippen LogP contribution in [0.15, 0.2) is 18.5 Å². The predicted octanol–water partition coefficient (Wildman–Crippen LogP) is 3.02. The summed E-state index contributed by atoms with van der Waals surface area (Å²) < 4.78 is 0. The van der Waals surface area contributed by atoms with Crippen LogP contribution in [0.3, 0.4) is 0 Å². The molecule has 0 unspecified atom stereocenters. The fourth-order valence-electron chi connectivity index (χ4n) is 1.99. The number of aromatic nitrogens is 1. The van der Waals surface area contributed by atoms with Crippen LogP contribution >= 0.6 is 0 Å². The fraction of sp³-hybridized carbons (Fsp3) is 0.600. The maximum atomic E-state index is 12.7. The number of carbonyl (C=O) groups excluding carboxylic acids is 1. The molecule has 0 atom stereocenters. The number of hydrogen-bond acceptors (Lipinski definition) is 3. The van der Waals surface area contributed by atoms with E-state index in [0.29, 0.717) is 11.5 Å². The molecule has 0 aliphatic rings. The van der Waals surface area contributed by atoms with E-state index in [4.69, 9.17) is 0 Å². The lowest BCUT2D eigenvalue weighted by molar-refractivity contribution is 0.0683. The van der Waals surface area contributed by atoms with Crippen LogP contribution in [-0.4, -0.2) is 34.9 Å². The summed E-state index contributed by atoms with van der Waals surface area (Å²) in [5, 5.41) is 3.19. The van der Waals surface area contributed by atoms with Crippen LogP contribution in [0.5, 0.6) is 0 Å². The standard InChI is InChI=1S/C15H25N3O/c1-6-17-14-9-16-8-7-13(14)15(19)18(12(4)5)10-11(2)3/h7-9,11-12,17H,6,10H2,1-5H3. The SMILES string of the molecule is CCNc1cnccc1C(=O)N(CC(C)C)C(C)C. The van der Waals surface area contributed by atoms with Gasteiger partial charge in [-0.2, -0.15) is 0 Å². The molecule has 1 amide bonds. The molecule has 4 nitrogen and oxygen atoms in total. The Morgan fingerprint density at radius 2 is 2.05 bits per heavy atom. The zero-order chi connectivity index (χ0) is 14.4. The highest BCUT2D eigenvalue weighted by molar-refractivity contribution is 5.99. The third kappa shape index (κ3) is 4.23. The second-order valence-electron chi connectivity index (χ2n) is 5.40. The molecule has 1 N–H and O–H groups in total. The minimum absolute atomic E-state index is 0.0713. The summed E-state index contributed by atoms with van der Waals surface area (Å²) in [6.07, 6.45) is 3.38. The van der Waals surface area contributed by atoms with Gasteiger partial charge in [0.05, 0.1) is 17.4 Å². The Morgan fingerprint density at radius 1 is 1.37 bits per heavy atom. The molecule has 0 saturated carbocycles. The second kappa shape index (κ2) is 7.12. The maximum absolute atomic E-state index is 12.7. The van der Waals surface area contributed by atoms with Crippen molar-refractivity contribution < 1.29 is 4.79 Å². The third-order valence-electron chi connectivity index (χ3n) is 2.86. The summed E-state index contributed by atoms with van der Waals surface area (Å²) in [4.78, 5) is 18.7. The highest BCUT2D eigenvalue weighted by Crippen LogP contribution is 2.18. The topological polar surface area (TPSA) is 45.2 Å². The first-order valence-electron chi connectivity index (χ1n) is 6.96. The second-order valence-corrected chi connectivity index (χ2v) is 5.40. The van der Waals surface area contributed by atoms with Gasteiger partial charge in [0, 0.05) is 25.3 Å². The summed E-state index contributed by atoms with van der Waals surface area (Å²) in [5.74, 6) is 0.526. The zero-order valence-electron chi connectivity index (χ0n) is 12.6. The Balaban J connectivity index is 3.02. The van der Waals surface area contributed by atoms with Crippen molar-refractivity contribution in [3.05, 3.63) is 24.0 Å².